The van der Waals surface area contributed by atoms with Gasteiger partial charge in [0.25, 0.3) is 0 Å². The molecule has 0 spiro atoms. The van der Waals surface area contributed by atoms with Crippen LogP contribution >= 0.6 is 0 Å². The van der Waals surface area contributed by atoms with Gasteiger partial charge < -0.3 is 49.5 Å². The second-order valence-electron chi connectivity index (χ2n) is 16.1. The number of hydrogen-bond acceptors (Lipinski definition) is 10. The molecule has 6 heterocycles. The highest BCUT2D eigenvalue weighted by Crippen LogP contribution is 2.46. The van der Waals surface area contributed by atoms with E-state index in [2.05, 4.69) is 68.4 Å². The van der Waals surface area contributed by atoms with Crippen molar-refractivity contribution < 1.29 is 33.4 Å². The zero-order valence-corrected chi connectivity index (χ0v) is 35.4. The molecule has 3 aromatic rings. The third-order valence-corrected chi connectivity index (χ3v) is 11.5. The van der Waals surface area contributed by atoms with Crippen LogP contribution in [0.1, 0.15) is 108 Å². The summed E-state index contributed by atoms with van der Waals surface area (Å²) in [5.74, 6) is 2.46. The van der Waals surface area contributed by atoms with E-state index in [1.54, 1.807) is 11.1 Å². The largest absolute Gasteiger partial charge is 0.453 e. The molecule has 2 bridgehead atoms. The molecule has 3 atom stereocenters. The first kappa shape index (κ1) is 42.1. The number of rotatable bonds is 9. The van der Waals surface area contributed by atoms with Crippen LogP contribution < -0.4 is 20.3 Å². The second kappa shape index (κ2) is 18.5. The molecule has 60 heavy (non-hydrogen) atoms. The summed E-state index contributed by atoms with van der Waals surface area (Å²) in [6, 6.07) is 5.04. The fraction of sp³-hybridized carbons (Fsp3) is 0.500. The molecule has 0 radical (unpaired) electrons. The maximum absolute atomic E-state index is 13.7. The molecule has 2 aromatic heterocycles. The molecular formula is C44H57N9O7. The van der Waals surface area contributed by atoms with Gasteiger partial charge in [0.05, 0.1) is 61.5 Å². The third kappa shape index (κ3) is 8.77. The highest BCUT2D eigenvalue weighted by atomic mass is 16.5. The van der Waals surface area contributed by atoms with Crippen LogP contribution in [0.4, 0.5) is 15.3 Å². The molecule has 1 aromatic carbocycles. The number of nitrogens with zero attached hydrogens (tertiary/aromatic N) is 5. The van der Waals surface area contributed by atoms with Crippen LogP contribution in [-0.4, -0.2) is 100 Å². The predicted molar refractivity (Wildman–Crippen MR) is 225 cm³/mol. The zero-order chi connectivity index (χ0) is 42.5. The topological polar surface area (TPSA) is 187 Å². The van der Waals surface area contributed by atoms with Crippen molar-refractivity contribution >= 4 is 35.3 Å². The number of amides is 4. The van der Waals surface area contributed by atoms with E-state index in [-0.39, 0.29) is 36.4 Å². The molecule has 1 aliphatic carbocycles. The number of methoxy groups -OCH3 is 2. The van der Waals surface area contributed by atoms with Gasteiger partial charge >= 0.3 is 12.2 Å². The van der Waals surface area contributed by atoms with Crippen molar-refractivity contribution in [2.75, 3.05) is 45.3 Å². The van der Waals surface area contributed by atoms with Gasteiger partial charge in [0, 0.05) is 37.2 Å². The maximum atomic E-state index is 13.7. The van der Waals surface area contributed by atoms with Gasteiger partial charge in [0.1, 0.15) is 30.0 Å². The van der Waals surface area contributed by atoms with Gasteiger partial charge in [-0.3, -0.25) is 9.59 Å². The van der Waals surface area contributed by atoms with Crippen molar-refractivity contribution in [1.29, 1.82) is 0 Å². The quantitative estimate of drug-likeness (QED) is 0.177. The SMILES string of the molecule is CCC.COC(=O)NCC(=O)N1CCC[C@H]1c1ncc(C2=CC3=C4CC(=C2)CCCN4c2ccc(-c4cnc(C5CCCN5C(=O)C(NC(=O)OC)C(C)C)[nH]4)cc2O3)[nH]1. The lowest BCUT2D eigenvalue weighted by molar-refractivity contribution is -0.135. The van der Waals surface area contributed by atoms with E-state index in [9.17, 15) is 19.2 Å². The summed E-state index contributed by atoms with van der Waals surface area (Å²) in [7, 11) is 2.56. The predicted octanol–water partition coefficient (Wildman–Crippen LogP) is 6.90. The summed E-state index contributed by atoms with van der Waals surface area (Å²) in [6.07, 6.45) is 13.8. The number of H-pyrrole nitrogens is 2. The Hall–Kier alpha value is -6.06. The Balaban J connectivity index is 0.00000176. The Morgan fingerprint density at radius 1 is 0.883 bits per heavy atom. The Morgan fingerprint density at radius 3 is 2.25 bits per heavy atom. The molecule has 320 valence electrons. The van der Waals surface area contributed by atoms with Crippen LogP contribution in [0.3, 0.4) is 0 Å². The third-order valence-electron chi connectivity index (χ3n) is 11.5. The minimum absolute atomic E-state index is 0.122. The number of aromatic nitrogens is 4. The van der Waals surface area contributed by atoms with Gasteiger partial charge in [0.2, 0.25) is 11.8 Å². The molecule has 5 aliphatic rings. The van der Waals surface area contributed by atoms with Gasteiger partial charge in [-0.15, -0.1) is 0 Å². The number of benzene rings is 1. The summed E-state index contributed by atoms with van der Waals surface area (Å²) in [5.41, 5.74) is 6.95. The van der Waals surface area contributed by atoms with Crippen molar-refractivity contribution in [3.63, 3.8) is 0 Å². The highest BCUT2D eigenvalue weighted by Gasteiger charge is 2.38. The van der Waals surface area contributed by atoms with E-state index in [1.807, 2.05) is 31.0 Å². The Bertz CT molecular complexity index is 2190. The number of carbonyl (C=O) groups is 4. The molecule has 4 N–H and O–H groups in total. The van der Waals surface area contributed by atoms with Crippen molar-refractivity contribution in [2.24, 2.45) is 5.92 Å². The first-order chi connectivity index (χ1) is 29.0. The highest BCUT2D eigenvalue weighted by molar-refractivity contribution is 5.87. The molecule has 16 nitrogen and oxygen atoms in total. The summed E-state index contributed by atoms with van der Waals surface area (Å²) >= 11 is 0. The summed E-state index contributed by atoms with van der Waals surface area (Å²) in [6.45, 7) is 9.94. The smallest absolute Gasteiger partial charge is 0.407 e. The van der Waals surface area contributed by atoms with Crippen molar-refractivity contribution in [1.82, 2.24) is 40.4 Å². The van der Waals surface area contributed by atoms with Gasteiger partial charge in [-0.05, 0) is 62.7 Å². The van der Waals surface area contributed by atoms with Crippen LogP contribution in [0.25, 0.3) is 16.8 Å². The molecule has 4 amide bonds. The number of likely N-dealkylation sites (tertiary alicyclic amines) is 2. The standard InChI is InChI=1S/C41H49N9O7.C3H8/c1-23(2)36(47-41(54)56-4)39(52)50-15-7-10-31(50)38-42-20-27(45-38)25-11-12-29-33(18-25)57-34-19-26(16-24-8-5-13-48(29)32(34)17-24)28-21-43-37(46-28)30-9-6-14-49(30)35(51)22-44-40(53)55-3;1-3-2/h11-12,16,18-21,23,30-31,36H,5-10,13-15,17,22H2,1-4H3,(H,42,45)(H,43,46)(H,44,53)(H,47,54);3H2,1-2H3/t30-,31?,36?;/m0./s1. The summed E-state index contributed by atoms with van der Waals surface area (Å²) < 4.78 is 16.2. The number of alkyl carbamates (subject to hydrolysis) is 2. The minimum Gasteiger partial charge on any atom is -0.453 e. The lowest BCUT2D eigenvalue weighted by Gasteiger charge is -2.33. The monoisotopic (exact) mass is 823 g/mol. The zero-order valence-electron chi connectivity index (χ0n) is 35.4. The first-order valence-corrected chi connectivity index (χ1v) is 21.1. The molecule has 3 fully saturated rings. The van der Waals surface area contributed by atoms with Crippen molar-refractivity contribution in [3.8, 4) is 17.0 Å². The van der Waals surface area contributed by atoms with E-state index in [4.69, 9.17) is 19.4 Å². The van der Waals surface area contributed by atoms with Gasteiger partial charge in [-0.2, -0.15) is 0 Å². The van der Waals surface area contributed by atoms with Crippen molar-refractivity contribution in [3.05, 3.63) is 77.1 Å². The minimum atomic E-state index is -0.708. The van der Waals surface area contributed by atoms with Gasteiger partial charge in [-0.1, -0.05) is 51.8 Å². The molecule has 4 aliphatic heterocycles. The van der Waals surface area contributed by atoms with Gasteiger partial charge in [-0.25, -0.2) is 19.6 Å². The number of allylic oxidation sites excluding steroid dienone is 4. The molecule has 8 rings (SSSR count). The number of imidazole rings is 2. The fourth-order valence-corrected chi connectivity index (χ4v) is 8.61. The van der Waals surface area contributed by atoms with E-state index in [0.29, 0.717) is 24.7 Å². The normalized spacial score (nSPS) is 19.8. The van der Waals surface area contributed by atoms with Crippen LogP contribution in [0.15, 0.2) is 59.8 Å². The van der Waals surface area contributed by atoms with Crippen LogP contribution in [0.2, 0.25) is 0 Å². The van der Waals surface area contributed by atoms with Crippen LogP contribution in [0.5, 0.6) is 5.75 Å². The summed E-state index contributed by atoms with van der Waals surface area (Å²) in [4.78, 5) is 72.7. The Labute approximate surface area is 350 Å². The number of carbonyl (C=O) groups excluding carboxylic acids is 4. The van der Waals surface area contributed by atoms with E-state index < -0.39 is 18.2 Å². The number of anilines is 1. The average molecular weight is 824 g/mol. The molecule has 3 saturated heterocycles. The van der Waals surface area contributed by atoms with Crippen molar-refractivity contribution in [2.45, 2.75) is 97.2 Å². The Morgan fingerprint density at radius 2 is 1.55 bits per heavy atom. The molecule has 0 saturated carbocycles. The molecule has 2 unspecified atom stereocenters. The first-order valence-electron chi connectivity index (χ1n) is 21.1. The molecular weight excluding hydrogens is 767 g/mol. The second-order valence-corrected chi connectivity index (χ2v) is 16.1. The number of aromatic amines is 2. The van der Waals surface area contributed by atoms with E-state index in [1.165, 1.54) is 26.2 Å². The molecule has 16 heteroatoms. The number of hydrogen-bond donors (Lipinski definition) is 4. The number of nitrogens with one attached hydrogen (secondary N) is 4. The van der Waals surface area contributed by atoms with E-state index >= 15 is 0 Å². The average Bonchev–Trinajstić information content (AvgIpc) is 4.07. The lowest BCUT2D eigenvalue weighted by atomic mass is 10.0. The van der Waals surface area contributed by atoms with E-state index in [0.717, 1.165) is 96.9 Å². The van der Waals surface area contributed by atoms with Crippen LogP contribution in [-0.2, 0) is 19.1 Å². The van der Waals surface area contributed by atoms with Crippen LogP contribution in [0, 0.1) is 5.92 Å². The Kier molecular flexibility index (Phi) is 13.0. The fourth-order valence-electron chi connectivity index (χ4n) is 8.61. The number of fused-ring (bicyclic) bond motifs is 3. The maximum Gasteiger partial charge on any atom is 0.407 e. The van der Waals surface area contributed by atoms with Gasteiger partial charge in [0.15, 0.2) is 5.75 Å². The summed E-state index contributed by atoms with van der Waals surface area (Å²) in [5, 5.41) is 5.20. The number of ether oxygens (including phenoxy) is 3. The lowest BCUT2D eigenvalue weighted by Crippen LogP contribution is -2.51.